The number of fused-ring (bicyclic) bond motifs is 1. The van der Waals surface area contributed by atoms with Gasteiger partial charge in [-0.3, -0.25) is 0 Å². The number of thioether (sulfide) groups is 1. The summed E-state index contributed by atoms with van der Waals surface area (Å²) in [5, 5.41) is 13.8. The van der Waals surface area contributed by atoms with E-state index in [1.165, 1.54) is 11.8 Å². The Morgan fingerprint density at radius 1 is 1.39 bits per heavy atom. The molecule has 0 saturated heterocycles. The zero-order valence-corrected chi connectivity index (χ0v) is 11.6. The molecule has 0 amide bonds. The quantitative estimate of drug-likeness (QED) is 0.668. The number of nitrogen functional groups attached to an aromatic ring is 1. The Morgan fingerprint density at radius 2 is 2.17 bits per heavy atom. The minimum Gasteiger partial charge on any atom is -0.389 e. The molecule has 6 heteroatoms. The molecular weight excluding hydrogens is 266 g/mol. The summed E-state index contributed by atoms with van der Waals surface area (Å²) in [7, 11) is 0. The van der Waals surface area contributed by atoms with E-state index in [0.29, 0.717) is 16.7 Å². The van der Waals surface area contributed by atoms with E-state index >= 15 is 0 Å². The second-order valence-electron chi connectivity index (χ2n) is 4.75. The highest BCUT2D eigenvalue weighted by Gasteiger charge is 2.31. The van der Waals surface area contributed by atoms with E-state index < -0.39 is 5.60 Å². The summed E-state index contributed by atoms with van der Waals surface area (Å²) in [6.07, 6.45) is 4.00. The van der Waals surface area contributed by atoms with Gasteiger partial charge in [0.2, 0.25) is 0 Å². The van der Waals surface area contributed by atoms with E-state index in [1.54, 1.807) is 11.3 Å². The van der Waals surface area contributed by atoms with Gasteiger partial charge in [-0.05, 0) is 24.3 Å². The minimum atomic E-state index is -0.535. The van der Waals surface area contributed by atoms with Gasteiger partial charge in [0.05, 0.1) is 11.0 Å². The summed E-state index contributed by atoms with van der Waals surface area (Å²) in [5.74, 6) is 1.19. The van der Waals surface area contributed by atoms with Gasteiger partial charge in [0.15, 0.2) is 5.16 Å². The van der Waals surface area contributed by atoms with Gasteiger partial charge < -0.3 is 10.8 Å². The molecule has 2 aromatic heterocycles. The third-order valence-corrected chi connectivity index (χ3v) is 5.27. The van der Waals surface area contributed by atoms with E-state index in [2.05, 4.69) is 9.97 Å². The molecule has 4 nitrogen and oxygen atoms in total. The molecule has 0 aliphatic heterocycles. The molecule has 0 radical (unpaired) electrons. The Kier molecular flexibility index (Phi) is 3.17. The lowest BCUT2D eigenvalue weighted by atomic mass is 10.1. The smallest absolute Gasteiger partial charge is 0.190 e. The van der Waals surface area contributed by atoms with Crippen LogP contribution < -0.4 is 5.73 Å². The van der Waals surface area contributed by atoms with Gasteiger partial charge in [-0.2, -0.15) is 0 Å². The van der Waals surface area contributed by atoms with Crippen molar-refractivity contribution in [2.24, 2.45) is 0 Å². The third-order valence-electron chi connectivity index (χ3n) is 3.34. The van der Waals surface area contributed by atoms with Crippen LogP contribution in [-0.2, 0) is 0 Å². The number of rotatable bonds is 3. The standard InChI is InChI=1S/C12H15N3OS2/c13-9-8-3-6-17-10(8)15-11(14-9)18-7-12(16)4-1-2-5-12/h3,6,16H,1-2,4-5,7H2,(H2,13,14,15). The van der Waals surface area contributed by atoms with Crippen molar-refractivity contribution in [3.8, 4) is 0 Å². The molecular formula is C12H15N3OS2. The van der Waals surface area contributed by atoms with Crippen LogP contribution in [0.3, 0.4) is 0 Å². The van der Waals surface area contributed by atoms with E-state index in [-0.39, 0.29) is 0 Å². The molecule has 18 heavy (non-hydrogen) atoms. The molecule has 3 N–H and O–H groups in total. The molecule has 0 bridgehead atoms. The van der Waals surface area contributed by atoms with Gasteiger partial charge in [0.25, 0.3) is 0 Å². The first-order valence-corrected chi connectivity index (χ1v) is 7.89. The molecule has 0 spiro atoms. The Hall–Kier alpha value is -0.850. The third kappa shape index (κ3) is 2.32. The van der Waals surface area contributed by atoms with Gasteiger partial charge in [0.1, 0.15) is 10.6 Å². The average Bonchev–Trinajstić information content (AvgIpc) is 2.96. The number of nitrogens with two attached hydrogens (primary N) is 1. The fourth-order valence-corrected chi connectivity index (χ4v) is 4.13. The topological polar surface area (TPSA) is 72.0 Å². The maximum Gasteiger partial charge on any atom is 0.190 e. The normalized spacial score (nSPS) is 18.5. The van der Waals surface area contributed by atoms with Gasteiger partial charge in [0, 0.05) is 5.75 Å². The summed E-state index contributed by atoms with van der Waals surface area (Å²) in [4.78, 5) is 9.68. The number of aromatic nitrogens is 2. The number of thiophene rings is 1. The van der Waals surface area contributed by atoms with Gasteiger partial charge in [-0.15, -0.1) is 11.3 Å². The Labute approximate surface area is 114 Å². The van der Waals surface area contributed by atoms with Gasteiger partial charge in [-0.1, -0.05) is 24.6 Å². The lowest BCUT2D eigenvalue weighted by Crippen LogP contribution is -2.27. The molecule has 1 fully saturated rings. The summed E-state index contributed by atoms with van der Waals surface area (Å²) >= 11 is 3.07. The monoisotopic (exact) mass is 281 g/mol. The molecule has 1 saturated carbocycles. The molecule has 0 atom stereocenters. The van der Waals surface area contributed by atoms with Crippen molar-refractivity contribution in [3.05, 3.63) is 11.4 Å². The Morgan fingerprint density at radius 3 is 2.94 bits per heavy atom. The summed E-state index contributed by atoms with van der Waals surface area (Å²) < 4.78 is 0. The number of hydrogen-bond donors (Lipinski definition) is 2. The second kappa shape index (κ2) is 4.68. The fourth-order valence-electron chi connectivity index (χ4n) is 2.30. The van der Waals surface area contributed by atoms with Crippen molar-refractivity contribution in [2.75, 3.05) is 11.5 Å². The fraction of sp³-hybridized carbons (Fsp3) is 0.500. The highest BCUT2D eigenvalue weighted by molar-refractivity contribution is 7.99. The second-order valence-corrected chi connectivity index (χ2v) is 6.59. The van der Waals surface area contributed by atoms with Crippen LogP contribution in [0, 0.1) is 0 Å². The average molecular weight is 281 g/mol. The van der Waals surface area contributed by atoms with Crippen LogP contribution in [0.2, 0.25) is 0 Å². The molecule has 2 aromatic rings. The Bertz CT molecular complexity index is 563. The van der Waals surface area contributed by atoms with Gasteiger partial charge >= 0.3 is 0 Å². The summed E-state index contributed by atoms with van der Waals surface area (Å²) in [5.41, 5.74) is 5.36. The van der Waals surface area contributed by atoms with Crippen LogP contribution in [0.15, 0.2) is 16.6 Å². The highest BCUT2D eigenvalue weighted by atomic mass is 32.2. The van der Waals surface area contributed by atoms with Crippen LogP contribution in [0.5, 0.6) is 0 Å². The van der Waals surface area contributed by atoms with E-state index in [4.69, 9.17) is 5.73 Å². The first-order valence-electron chi connectivity index (χ1n) is 6.02. The molecule has 3 rings (SSSR count). The number of nitrogens with zero attached hydrogens (tertiary/aromatic N) is 2. The molecule has 0 aromatic carbocycles. The maximum absolute atomic E-state index is 10.3. The van der Waals surface area contributed by atoms with Crippen LogP contribution >= 0.6 is 23.1 Å². The van der Waals surface area contributed by atoms with Crippen LogP contribution in [0.1, 0.15) is 25.7 Å². The summed E-state index contributed by atoms with van der Waals surface area (Å²) in [6, 6.07) is 1.94. The first-order chi connectivity index (χ1) is 8.66. The molecule has 1 aliphatic rings. The van der Waals surface area contributed by atoms with Crippen molar-refractivity contribution in [3.63, 3.8) is 0 Å². The van der Waals surface area contributed by atoms with Crippen molar-refractivity contribution < 1.29 is 5.11 Å². The number of hydrogen-bond acceptors (Lipinski definition) is 6. The van der Waals surface area contributed by atoms with Crippen molar-refractivity contribution in [2.45, 2.75) is 36.4 Å². The molecule has 0 unspecified atom stereocenters. The van der Waals surface area contributed by atoms with Crippen LogP contribution in [0.4, 0.5) is 5.82 Å². The Balaban J connectivity index is 1.78. The van der Waals surface area contributed by atoms with E-state index in [0.717, 1.165) is 35.9 Å². The predicted octanol–water partition coefficient (Wildman–Crippen LogP) is 2.67. The molecule has 96 valence electrons. The zero-order chi connectivity index (χ0) is 12.6. The largest absolute Gasteiger partial charge is 0.389 e. The molecule has 2 heterocycles. The van der Waals surface area contributed by atoms with E-state index in [9.17, 15) is 5.11 Å². The van der Waals surface area contributed by atoms with Crippen LogP contribution in [-0.4, -0.2) is 26.4 Å². The lowest BCUT2D eigenvalue weighted by molar-refractivity contribution is 0.0732. The highest BCUT2D eigenvalue weighted by Crippen LogP contribution is 2.34. The zero-order valence-electron chi connectivity index (χ0n) is 9.93. The first kappa shape index (κ1) is 12.2. The number of aliphatic hydroxyl groups is 1. The summed E-state index contributed by atoms with van der Waals surface area (Å²) in [6.45, 7) is 0. The van der Waals surface area contributed by atoms with E-state index in [1.807, 2.05) is 11.4 Å². The molecule has 1 aliphatic carbocycles. The number of anilines is 1. The maximum atomic E-state index is 10.3. The lowest BCUT2D eigenvalue weighted by Gasteiger charge is -2.20. The predicted molar refractivity (Wildman–Crippen MR) is 76.0 cm³/mol. The van der Waals surface area contributed by atoms with Crippen molar-refractivity contribution in [1.82, 2.24) is 9.97 Å². The van der Waals surface area contributed by atoms with Gasteiger partial charge in [-0.25, -0.2) is 9.97 Å². The van der Waals surface area contributed by atoms with Crippen LogP contribution in [0.25, 0.3) is 10.2 Å². The van der Waals surface area contributed by atoms with Crippen molar-refractivity contribution in [1.29, 1.82) is 0 Å². The SMILES string of the molecule is Nc1nc(SCC2(O)CCCC2)nc2sccc12. The minimum absolute atomic E-state index is 0.530. The van der Waals surface area contributed by atoms with Crippen molar-refractivity contribution >= 4 is 39.1 Å².